The van der Waals surface area contributed by atoms with Gasteiger partial charge in [-0.3, -0.25) is 14.5 Å². The van der Waals surface area contributed by atoms with E-state index in [2.05, 4.69) is 0 Å². The van der Waals surface area contributed by atoms with Crippen molar-refractivity contribution in [2.75, 3.05) is 6.54 Å². The Bertz CT molecular complexity index is 854. The number of carbonyl (C=O) groups is 2. The van der Waals surface area contributed by atoms with Crippen LogP contribution in [0, 0.1) is 0 Å². The van der Waals surface area contributed by atoms with Gasteiger partial charge in [-0.15, -0.1) is 0 Å². The zero-order valence-electron chi connectivity index (χ0n) is 12.1. The summed E-state index contributed by atoms with van der Waals surface area (Å²) in [5, 5.41) is 18.1. The van der Waals surface area contributed by atoms with Gasteiger partial charge in [0, 0.05) is 11.6 Å². The number of aromatic hydroxyl groups is 1. The van der Waals surface area contributed by atoms with E-state index in [4.69, 9.17) is 21.7 Å². The molecule has 0 saturated carbocycles. The molecule has 1 saturated heterocycles. The van der Waals surface area contributed by atoms with Crippen molar-refractivity contribution in [3.8, 4) is 17.1 Å². The van der Waals surface area contributed by atoms with E-state index in [1.807, 2.05) is 0 Å². The Hall–Kier alpha value is -2.58. The summed E-state index contributed by atoms with van der Waals surface area (Å²) in [5.74, 6) is -0.376. The molecule has 2 N–H and O–H groups in total. The van der Waals surface area contributed by atoms with Crippen molar-refractivity contribution in [1.29, 1.82) is 0 Å². The summed E-state index contributed by atoms with van der Waals surface area (Å²) in [6.07, 6.45) is 1.53. The third-order valence-corrected chi connectivity index (χ3v) is 4.60. The fraction of sp³-hybridized carbons (Fsp3) is 0.0625. The van der Waals surface area contributed by atoms with Crippen LogP contribution < -0.4 is 0 Å². The monoisotopic (exact) mass is 361 g/mol. The van der Waals surface area contributed by atoms with Crippen molar-refractivity contribution in [2.45, 2.75) is 0 Å². The van der Waals surface area contributed by atoms with Gasteiger partial charge in [-0.2, -0.15) is 0 Å². The lowest BCUT2D eigenvalue weighted by Crippen LogP contribution is -2.33. The number of phenols is 1. The highest BCUT2D eigenvalue weighted by molar-refractivity contribution is 8.26. The van der Waals surface area contributed by atoms with E-state index >= 15 is 0 Å². The van der Waals surface area contributed by atoms with Crippen LogP contribution in [0.1, 0.15) is 5.76 Å². The van der Waals surface area contributed by atoms with Crippen molar-refractivity contribution < 1.29 is 24.2 Å². The van der Waals surface area contributed by atoms with Gasteiger partial charge in [0.25, 0.3) is 5.91 Å². The molecule has 0 atom stereocenters. The topological polar surface area (TPSA) is 91.0 Å². The minimum atomic E-state index is -1.12. The van der Waals surface area contributed by atoms with Gasteiger partial charge in [-0.25, -0.2) is 0 Å². The normalized spacial score (nSPS) is 16.2. The van der Waals surface area contributed by atoms with Crippen LogP contribution in [-0.4, -0.2) is 37.9 Å². The van der Waals surface area contributed by atoms with E-state index in [9.17, 15) is 14.7 Å². The van der Waals surface area contributed by atoms with Crippen LogP contribution in [0.3, 0.4) is 0 Å². The lowest BCUT2D eigenvalue weighted by Gasteiger charge is -2.09. The predicted octanol–water partition coefficient (Wildman–Crippen LogP) is 2.94. The highest BCUT2D eigenvalue weighted by Crippen LogP contribution is 2.33. The lowest BCUT2D eigenvalue weighted by molar-refractivity contribution is -0.140. The van der Waals surface area contributed by atoms with E-state index < -0.39 is 18.4 Å². The van der Waals surface area contributed by atoms with Gasteiger partial charge in [-0.05, 0) is 36.4 Å². The number of carboxylic acids is 1. The predicted molar refractivity (Wildman–Crippen MR) is 93.3 cm³/mol. The summed E-state index contributed by atoms with van der Waals surface area (Å²) in [4.78, 5) is 24.3. The number of amides is 1. The van der Waals surface area contributed by atoms with Gasteiger partial charge in [0.15, 0.2) is 0 Å². The van der Waals surface area contributed by atoms with Crippen LogP contribution >= 0.6 is 24.0 Å². The molecule has 1 amide bonds. The molecule has 1 aliphatic rings. The molecule has 0 spiro atoms. The van der Waals surface area contributed by atoms with E-state index in [1.165, 1.54) is 6.08 Å². The van der Waals surface area contributed by atoms with Gasteiger partial charge in [-0.1, -0.05) is 24.0 Å². The van der Waals surface area contributed by atoms with Crippen LogP contribution in [0.2, 0.25) is 0 Å². The summed E-state index contributed by atoms with van der Waals surface area (Å²) < 4.78 is 5.88. The van der Waals surface area contributed by atoms with Gasteiger partial charge < -0.3 is 14.6 Å². The number of furan rings is 1. The Balaban J connectivity index is 1.82. The summed E-state index contributed by atoms with van der Waals surface area (Å²) >= 11 is 6.07. The first-order chi connectivity index (χ1) is 11.4. The number of hydrogen-bond donors (Lipinski definition) is 2. The van der Waals surface area contributed by atoms with Crippen LogP contribution in [0.5, 0.6) is 5.75 Å². The molecule has 0 bridgehead atoms. The number of thioether (sulfide) groups is 1. The standard InChI is InChI=1S/C16H11NO5S2/c18-10-3-1-9(2-4-10)12-6-5-11(22-12)7-13-15(21)17(8-14(19)20)16(23)24-13/h1-7,18H,8H2,(H,19,20)/b13-7-. The molecule has 122 valence electrons. The average molecular weight is 361 g/mol. The molecule has 1 aromatic heterocycles. The van der Waals surface area contributed by atoms with E-state index in [0.717, 1.165) is 22.2 Å². The molecule has 2 aromatic rings. The largest absolute Gasteiger partial charge is 0.508 e. The Kier molecular flexibility index (Phi) is 4.41. The van der Waals surface area contributed by atoms with Gasteiger partial charge in [0.2, 0.25) is 0 Å². The van der Waals surface area contributed by atoms with Crippen LogP contribution in [0.4, 0.5) is 0 Å². The molecule has 2 heterocycles. The fourth-order valence-corrected chi connectivity index (χ4v) is 3.35. The van der Waals surface area contributed by atoms with Gasteiger partial charge >= 0.3 is 5.97 Å². The van der Waals surface area contributed by atoms with E-state index in [1.54, 1.807) is 36.4 Å². The quantitative estimate of drug-likeness (QED) is 0.639. The first kappa shape index (κ1) is 16.3. The van der Waals surface area contributed by atoms with Crippen molar-refractivity contribution in [3.63, 3.8) is 0 Å². The number of phenolic OH excluding ortho intramolecular Hbond substituents is 1. The zero-order valence-corrected chi connectivity index (χ0v) is 13.8. The maximum absolute atomic E-state index is 12.2. The van der Waals surface area contributed by atoms with Crippen LogP contribution in [-0.2, 0) is 9.59 Å². The smallest absolute Gasteiger partial charge is 0.323 e. The number of nitrogens with zero attached hydrogens (tertiary/aromatic N) is 1. The highest BCUT2D eigenvalue weighted by atomic mass is 32.2. The molecule has 8 heteroatoms. The molecule has 3 rings (SSSR count). The molecule has 1 aliphatic heterocycles. The molecule has 0 aliphatic carbocycles. The van der Waals surface area contributed by atoms with Crippen molar-refractivity contribution in [3.05, 3.63) is 47.1 Å². The second-order valence-electron chi connectivity index (χ2n) is 4.91. The number of carbonyl (C=O) groups excluding carboxylic acids is 1. The van der Waals surface area contributed by atoms with Crippen molar-refractivity contribution >= 4 is 46.3 Å². The van der Waals surface area contributed by atoms with E-state index in [0.29, 0.717) is 16.4 Å². The summed E-state index contributed by atoms with van der Waals surface area (Å²) in [7, 11) is 0. The second kappa shape index (κ2) is 6.50. The molecule has 24 heavy (non-hydrogen) atoms. The summed E-state index contributed by atoms with van der Waals surface area (Å²) in [6, 6.07) is 9.97. The third-order valence-electron chi connectivity index (χ3n) is 3.22. The summed E-state index contributed by atoms with van der Waals surface area (Å²) in [5.41, 5.74) is 0.783. The number of carboxylic acid groups (broad SMARTS) is 1. The number of aliphatic carboxylic acids is 1. The van der Waals surface area contributed by atoms with Gasteiger partial charge in [0.1, 0.15) is 28.1 Å². The molecule has 0 unspecified atom stereocenters. The molecule has 1 fully saturated rings. The molecular formula is C16H11NO5S2. The number of hydrogen-bond acceptors (Lipinski definition) is 6. The minimum Gasteiger partial charge on any atom is -0.508 e. The molecule has 1 aromatic carbocycles. The number of rotatable bonds is 4. The fourth-order valence-electron chi connectivity index (χ4n) is 2.11. The Morgan fingerprint density at radius 2 is 1.96 bits per heavy atom. The zero-order chi connectivity index (χ0) is 17.3. The first-order valence-electron chi connectivity index (χ1n) is 6.80. The molecule has 6 nitrogen and oxygen atoms in total. The van der Waals surface area contributed by atoms with Crippen molar-refractivity contribution in [2.24, 2.45) is 0 Å². The first-order valence-corrected chi connectivity index (χ1v) is 8.03. The van der Waals surface area contributed by atoms with Crippen LogP contribution in [0.15, 0.2) is 45.7 Å². The molecule has 0 radical (unpaired) electrons. The average Bonchev–Trinajstić information content (AvgIpc) is 3.09. The second-order valence-corrected chi connectivity index (χ2v) is 6.59. The maximum Gasteiger partial charge on any atom is 0.323 e. The minimum absolute atomic E-state index is 0.160. The number of thiocarbonyl (C=S) groups is 1. The lowest BCUT2D eigenvalue weighted by atomic mass is 10.2. The summed E-state index contributed by atoms with van der Waals surface area (Å²) in [6.45, 7) is -0.459. The molecular weight excluding hydrogens is 350 g/mol. The SMILES string of the molecule is O=C(O)CN1C(=O)/C(=C/c2ccc(-c3ccc(O)cc3)o2)SC1=S. The Morgan fingerprint density at radius 1 is 1.25 bits per heavy atom. The Labute approximate surface area is 146 Å². The van der Waals surface area contributed by atoms with Crippen molar-refractivity contribution in [1.82, 2.24) is 4.90 Å². The van der Waals surface area contributed by atoms with E-state index in [-0.39, 0.29) is 10.1 Å². The Morgan fingerprint density at radius 3 is 2.62 bits per heavy atom. The van der Waals surface area contributed by atoms with Crippen LogP contribution in [0.25, 0.3) is 17.4 Å². The third kappa shape index (κ3) is 3.34. The number of benzene rings is 1. The maximum atomic E-state index is 12.2. The van der Waals surface area contributed by atoms with Gasteiger partial charge in [0.05, 0.1) is 4.91 Å². The highest BCUT2D eigenvalue weighted by Gasteiger charge is 2.33.